The molecule has 5 rings (SSSR count). The molecule has 0 spiro atoms. The summed E-state index contributed by atoms with van der Waals surface area (Å²) in [5.41, 5.74) is 12.7. The SMILES string of the molecule is Cc1ccc2c(c1)c1c(n2CC(C)(N)c2ccc(F)cc2)CCN2CCCC12. The van der Waals surface area contributed by atoms with E-state index in [1.165, 1.54) is 59.2 Å². The largest absolute Gasteiger partial charge is 0.342 e. The number of hydrogen-bond donors (Lipinski definition) is 1. The Morgan fingerprint density at radius 3 is 2.71 bits per heavy atom. The van der Waals surface area contributed by atoms with Crippen molar-refractivity contribution in [2.75, 3.05) is 13.1 Å². The van der Waals surface area contributed by atoms with Crippen molar-refractivity contribution in [3.63, 3.8) is 0 Å². The van der Waals surface area contributed by atoms with Crippen LogP contribution in [0.1, 0.15) is 48.2 Å². The van der Waals surface area contributed by atoms with Gasteiger partial charge >= 0.3 is 0 Å². The number of rotatable bonds is 3. The molecule has 2 N–H and O–H groups in total. The first-order valence-corrected chi connectivity index (χ1v) is 10.3. The molecule has 1 aromatic heterocycles. The number of nitrogens with zero attached hydrogens (tertiary/aromatic N) is 2. The van der Waals surface area contributed by atoms with E-state index < -0.39 is 5.54 Å². The van der Waals surface area contributed by atoms with Gasteiger partial charge in [-0.1, -0.05) is 23.8 Å². The second kappa shape index (κ2) is 6.43. The summed E-state index contributed by atoms with van der Waals surface area (Å²) < 4.78 is 15.8. The van der Waals surface area contributed by atoms with Gasteiger partial charge in [0.1, 0.15) is 5.82 Å². The van der Waals surface area contributed by atoms with Crippen LogP contribution in [0, 0.1) is 12.7 Å². The van der Waals surface area contributed by atoms with E-state index in [0.717, 1.165) is 18.5 Å². The fraction of sp³-hybridized carbons (Fsp3) is 0.417. The maximum absolute atomic E-state index is 13.4. The Kier molecular flexibility index (Phi) is 4.11. The zero-order valence-electron chi connectivity index (χ0n) is 16.7. The maximum atomic E-state index is 13.4. The molecule has 3 nitrogen and oxygen atoms in total. The van der Waals surface area contributed by atoms with Crippen LogP contribution in [-0.2, 0) is 18.5 Å². The number of hydrogen-bond acceptors (Lipinski definition) is 2. The molecule has 0 aliphatic carbocycles. The molecule has 4 heteroatoms. The number of halogens is 1. The van der Waals surface area contributed by atoms with E-state index >= 15 is 0 Å². The van der Waals surface area contributed by atoms with Gasteiger partial charge in [-0.15, -0.1) is 0 Å². The van der Waals surface area contributed by atoms with Gasteiger partial charge in [0.25, 0.3) is 0 Å². The van der Waals surface area contributed by atoms with Gasteiger partial charge in [0.05, 0.1) is 5.54 Å². The average Bonchev–Trinajstić information content (AvgIpc) is 3.25. The molecule has 0 saturated carbocycles. The van der Waals surface area contributed by atoms with Gasteiger partial charge in [0.2, 0.25) is 0 Å². The van der Waals surface area contributed by atoms with E-state index in [4.69, 9.17) is 5.73 Å². The lowest BCUT2D eigenvalue weighted by atomic mass is 9.92. The molecule has 2 unspecified atom stereocenters. The Hall–Kier alpha value is -2.17. The lowest BCUT2D eigenvalue weighted by molar-refractivity contribution is 0.240. The third kappa shape index (κ3) is 2.78. The monoisotopic (exact) mass is 377 g/mol. The van der Waals surface area contributed by atoms with Gasteiger partial charge in [-0.2, -0.15) is 0 Å². The van der Waals surface area contributed by atoms with Gasteiger partial charge in [0.15, 0.2) is 0 Å². The predicted octanol–water partition coefficient (Wildman–Crippen LogP) is 4.66. The first-order valence-electron chi connectivity index (χ1n) is 10.3. The zero-order chi connectivity index (χ0) is 19.5. The second-order valence-corrected chi connectivity index (χ2v) is 8.84. The van der Waals surface area contributed by atoms with Crippen molar-refractivity contribution in [2.24, 2.45) is 5.73 Å². The molecule has 2 aliphatic rings. The molecule has 2 aliphatic heterocycles. The molecule has 2 aromatic carbocycles. The maximum Gasteiger partial charge on any atom is 0.123 e. The van der Waals surface area contributed by atoms with Crippen molar-refractivity contribution in [1.82, 2.24) is 9.47 Å². The zero-order valence-corrected chi connectivity index (χ0v) is 16.7. The summed E-state index contributed by atoms with van der Waals surface area (Å²) in [6.45, 7) is 7.26. The summed E-state index contributed by atoms with van der Waals surface area (Å²) in [7, 11) is 0. The van der Waals surface area contributed by atoms with Gasteiger partial charge in [0, 0.05) is 42.1 Å². The minimum Gasteiger partial charge on any atom is -0.342 e. The predicted molar refractivity (Wildman–Crippen MR) is 112 cm³/mol. The van der Waals surface area contributed by atoms with Crippen molar-refractivity contribution in [3.05, 3.63) is 70.7 Å². The number of fused-ring (bicyclic) bond motifs is 5. The van der Waals surface area contributed by atoms with E-state index in [1.807, 2.05) is 12.1 Å². The summed E-state index contributed by atoms with van der Waals surface area (Å²) in [5, 5.41) is 1.39. The van der Waals surface area contributed by atoms with Crippen molar-refractivity contribution < 1.29 is 4.39 Å². The number of aryl methyl sites for hydroxylation is 1. The van der Waals surface area contributed by atoms with Crippen molar-refractivity contribution in [3.8, 4) is 0 Å². The Balaban J connectivity index is 1.65. The van der Waals surface area contributed by atoms with Crippen LogP contribution in [0.3, 0.4) is 0 Å². The minimum absolute atomic E-state index is 0.222. The second-order valence-electron chi connectivity index (χ2n) is 8.84. The number of benzene rings is 2. The van der Waals surface area contributed by atoms with E-state index in [-0.39, 0.29) is 5.82 Å². The Bertz CT molecular complexity index is 1030. The smallest absolute Gasteiger partial charge is 0.123 e. The van der Waals surface area contributed by atoms with Crippen LogP contribution < -0.4 is 5.73 Å². The molecule has 0 amide bonds. The fourth-order valence-corrected chi connectivity index (χ4v) is 5.29. The van der Waals surface area contributed by atoms with Gasteiger partial charge in [-0.3, -0.25) is 4.90 Å². The molecular weight excluding hydrogens is 349 g/mol. The van der Waals surface area contributed by atoms with E-state index in [2.05, 4.69) is 41.5 Å². The number of nitrogens with two attached hydrogens (primary N) is 1. The molecule has 0 bridgehead atoms. The molecule has 3 aromatic rings. The van der Waals surface area contributed by atoms with E-state index in [0.29, 0.717) is 12.6 Å². The summed E-state index contributed by atoms with van der Waals surface area (Å²) >= 11 is 0. The minimum atomic E-state index is -0.564. The summed E-state index contributed by atoms with van der Waals surface area (Å²) in [6, 6.07) is 14.0. The van der Waals surface area contributed by atoms with Crippen LogP contribution >= 0.6 is 0 Å². The first kappa shape index (κ1) is 17.9. The van der Waals surface area contributed by atoms with Gasteiger partial charge in [-0.25, -0.2) is 4.39 Å². The third-order valence-electron chi connectivity index (χ3n) is 6.69. The van der Waals surface area contributed by atoms with Crippen molar-refractivity contribution in [1.29, 1.82) is 0 Å². The van der Waals surface area contributed by atoms with Crippen LogP contribution in [-0.4, -0.2) is 22.6 Å². The Labute approximate surface area is 165 Å². The Morgan fingerprint density at radius 2 is 1.93 bits per heavy atom. The fourth-order valence-electron chi connectivity index (χ4n) is 5.29. The third-order valence-corrected chi connectivity index (χ3v) is 6.69. The van der Waals surface area contributed by atoms with Crippen LogP contribution in [0.4, 0.5) is 4.39 Å². The van der Waals surface area contributed by atoms with Crippen LogP contribution in [0.5, 0.6) is 0 Å². The standard InChI is InChI=1S/C24H28FN3/c1-16-5-10-20-19(14-16)23-21-4-3-12-27(21)13-11-22(23)28(20)15-24(2,26)17-6-8-18(25)9-7-17/h5-10,14,21H,3-4,11-13,15,26H2,1-2H3. The van der Waals surface area contributed by atoms with Crippen LogP contribution in [0.25, 0.3) is 10.9 Å². The van der Waals surface area contributed by atoms with Crippen molar-refractivity contribution >= 4 is 10.9 Å². The summed E-state index contributed by atoms with van der Waals surface area (Å²) in [4.78, 5) is 2.65. The van der Waals surface area contributed by atoms with Gasteiger partial charge < -0.3 is 10.3 Å². The van der Waals surface area contributed by atoms with Crippen molar-refractivity contribution in [2.45, 2.75) is 51.2 Å². The Morgan fingerprint density at radius 1 is 1.14 bits per heavy atom. The molecule has 146 valence electrons. The average molecular weight is 378 g/mol. The molecule has 28 heavy (non-hydrogen) atoms. The quantitative estimate of drug-likeness (QED) is 0.721. The molecular formula is C24H28FN3. The molecule has 3 heterocycles. The van der Waals surface area contributed by atoms with Gasteiger partial charge in [-0.05, 0) is 68.6 Å². The lowest BCUT2D eigenvalue weighted by Crippen LogP contribution is -2.39. The molecule has 1 saturated heterocycles. The van der Waals surface area contributed by atoms with E-state index in [9.17, 15) is 4.39 Å². The van der Waals surface area contributed by atoms with E-state index in [1.54, 1.807) is 0 Å². The number of aromatic nitrogens is 1. The molecule has 0 radical (unpaired) electrons. The molecule has 2 atom stereocenters. The lowest BCUT2D eigenvalue weighted by Gasteiger charge is -2.33. The summed E-state index contributed by atoms with van der Waals surface area (Å²) in [5.74, 6) is -0.222. The highest BCUT2D eigenvalue weighted by Crippen LogP contribution is 2.43. The molecule has 1 fully saturated rings. The first-order chi connectivity index (χ1) is 13.4. The highest BCUT2D eigenvalue weighted by atomic mass is 19.1. The van der Waals surface area contributed by atoms with Crippen LogP contribution in [0.2, 0.25) is 0 Å². The summed E-state index contributed by atoms with van der Waals surface area (Å²) in [6.07, 6.45) is 3.60. The normalized spacial score (nSPS) is 21.5. The highest BCUT2D eigenvalue weighted by molar-refractivity contribution is 5.87. The topological polar surface area (TPSA) is 34.2 Å². The highest BCUT2D eigenvalue weighted by Gasteiger charge is 2.36. The van der Waals surface area contributed by atoms with Crippen LogP contribution in [0.15, 0.2) is 42.5 Å².